The molecule has 8 heteroatoms. The predicted molar refractivity (Wildman–Crippen MR) is 107 cm³/mol. The zero-order valence-corrected chi connectivity index (χ0v) is 15.3. The lowest BCUT2D eigenvalue weighted by Crippen LogP contribution is -2.31. The van der Waals surface area contributed by atoms with E-state index in [0.29, 0.717) is 22.4 Å². The van der Waals surface area contributed by atoms with Crippen molar-refractivity contribution in [1.82, 2.24) is 5.32 Å². The minimum Gasteiger partial charge on any atom is -0.375 e. The number of rotatable bonds is 7. The van der Waals surface area contributed by atoms with Crippen LogP contribution in [0.5, 0.6) is 0 Å². The molecule has 0 unspecified atom stereocenters. The van der Waals surface area contributed by atoms with Crippen LogP contribution in [0.2, 0.25) is 5.02 Å². The van der Waals surface area contributed by atoms with Gasteiger partial charge in [-0.05, 0) is 36.8 Å². The van der Waals surface area contributed by atoms with Crippen LogP contribution in [0.4, 0.5) is 17.1 Å². The van der Waals surface area contributed by atoms with Crippen LogP contribution in [0.1, 0.15) is 6.42 Å². The largest absolute Gasteiger partial charge is 0.375 e. The van der Waals surface area contributed by atoms with Crippen LogP contribution in [0.3, 0.4) is 0 Å². The van der Waals surface area contributed by atoms with E-state index in [0.717, 1.165) is 18.7 Å². The van der Waals surface area contributed by atoms with Gasteiger partial charge in [-0.15, -0.1) is 0 Å². The molecule has 0 amide bonds. The highest BCUT2D eigenvalue weighted by molar-refractivity contribution is 7.80. The number of hydrogen-bond donors (Lipinski definition) is 2. The van der Waals surface area contributed by atoms with Gasteiger partial charge in [0.25, 0.3) is 5.69 Å². The van der Waals surface area contributed by atoms with Gasteiger partial charge in [-0.3, -0.25) is 10.1 Å². The number of hydrogen-bond acceptors (Lipinski definition) is 4. The average Bonchev–Trinajstić information content (AvgIpc) is 2.61. The van der Waals surface area contributed by atoms with Gasteiger partial charge in [0.05, 0.1) is 15.6 Å². The molecule has 2 aromatic carbocycles. The third kappa shape index (κ3) is 5.88. The first-order valence-corrected chi connectivity index (χ1v) is 8.51. The number of anilines is 2. The Kier molecular flexibility index (Phi) is 6.97. The summed E-state index contributed by atoms with van der Waals surface area (Å²) in [6.45, 7) is 1.55. The summed E-state index contributed by atoms with van der Waals surface area (Å²) in [7, 11) is 2.04. The molecule has 0 spiro atoms. The maximum absolute atomic E-state index is 10.8. The lowest BCUT2D eigenvalue weighted by Gasteiger charge is -2.19. The molecule has 0 saturated heterocycles. The summed E-state index contributed by atoms with van der Waals surface area (Å²) in [6.07, 6.45) is 0.885. The van der Waals surface area contributed by atoms with Gasteiger partial charge in [0.1, 0.15) is 0 Å². The topological polar surface area (TPSA) is 70.4 Å². The summed E-state index contributed by atoms with van der Waals surface area (Å²) in [5.74, 6) is 0. The first-order chi connectivity index (χ1) is 12.0. The number of nitro groups is 1. The Morgan fingerprint density at radius 3 is 2.68 bits per heavy atom. The number of non-ortho nitro benzene ring substituents is 1. The van der Waals surface area contributed by atoms with Crippen LogP contribution >= 0.6 is 23.8 Å². The molecule has 0 heterocycles. The van der Waals surface area contributed by atoms with E-state index in [2.05, 4.69) is 27.7 Å². The van der Waals surface area contributed by atoms with Gasteiger partial charge in [-0.2, -0.15) is 0 Å². The van der Waals surface area contributed by atoms with Gasteiger partial charge in [0, 0.05) is 38.0 Å². The summed E-state index contributed by atoms with van der Waals surface area (Å²) in [6, 6.07) is 14.3. The average molecular weight is 379 g/mol. The molecular weight excluding hydrogens is 360 g/mol. The Labute approximate surface area is 156 Å². The zero-order chi connectivity index (χ0) is 18.2. The molecule has 132 valence electrons. The van der Waals surface area contributed by atoms with Crippen LogP contribution in [-0.2, 0) is 0 Å². The molecule has 0 aliphatic heterocycles. The normalized spacial score (nSPS) is 10.2. The van der Waals surface area contributed by atoms with Gasteiger partial charge >= 0.3 is 0 Å². The molecule has 0 aliphatic rings. The lowest BCUT2D eigenvalue weighted by molar-refractivity contribution is -0.384. The van der Waals surface area contributed by atoms with E-state index in [4.69, 9.17) is 23.8 Å². The van der Waals surface area contributed by atoms with Crippen molar-refractivity contribution in [2.45, 2.75) is 6.42 Å². The Morgan fingerprint density at radius 1 is 1.28 bits per heavy atom. The van der Waals surface area contributed by atoms with Crippen LogP contribution in [0.15, 0.2) is 48.5 Å². The Balaban J connectivity index is 1.78. The Hall–Kier alpha value is -2.38. The van der Waals surface area contributed by atoms with Crippen LogP contribution in [0.25, 0.3) is 0 Å². The van der Waals surface area contributed by atoms with E-state index in [1.54, 1.807) is 0 Å². The quantitative estimate of drug-likeness (QED) is 0.327. The highest BCUT2D eigenvalue weighted by Crippen LogP contribution is 2.26. The molecule has 0 radical (unpaired) electrons. The predicted octanol–water partition coefficient (Wildman–Crippen LogP) is 4.06. The highest BCUT2D eigenvalue weighted by Gasteiger charge is 2.10. The molecule has 0 atom stereocenters. The molecule has 6 nitrogen and oxygen atoms in total. The summed E-state index contributed by atoms with van der Waals surface area (Å²) >= 11 is 11.2. The van der Waals surface area contributed by atoms with Gasteiger partial charge in [0.2, 0.25) is 0 Å². The molecular formula is C17H19ClN4O2S. The minimum absolute atomic E-state index is 0.0424. The molecule has 25 heavy (non-hydrogen) atoms. The first kappa shape index (κ1) is 19.0. The standard InChI is InChI=1S/C17H19ClN4O2S/c1-21(13-6-3-2-4-7-13)11-5-10-19-17(25)20-16-12-14(22(23)24)8-9-15(16)18/h2-4,6-9,12H,5,10-11H2,1H3,(H2,19,20,25). The van der Waals surface area contributed by atoms with E-state index in [1.165, 1.54) is 18.2 Å². The summed E-state index contributed by atoms with van der Waals surface area (Å²) in [5, 5.41) is 17.6. The van der Waals surface area contributed by atoms with Crippen molar-refractivity contribution in [2.75, 3.05) is 30.4 Å². The van der Waals surface area contributed by atoms with Crippen LogP contribution in [-0.4, -0.2) is 30.2 Å². The van der Waals surface area contributed by atoms with Crippen molar-refractivity contribution in [3.63, 3.8) is 0 Å². The molecule has 0 aromatic heterocycles. The first-order valence-electron chi connectivity index (χ1n) is 7.72. The zero-order valence-electron chi connectivity index (χ0n) is 13.7. The van der Waals surface area contributed by atoms with E-state index >= 15 is 0 Å². The van der Waals surface area contributed by atoms with Crippen LogP contribution in [0, 0.1) is 10.1 Å². The fraction of sp³-hybridized carbons (Fsp3) is 0.235. The molecule has 0 fully saturated rings. The maximum atomic E-state index is 10.8. The Morgan fingerprint density at radius 2 is 2.00 bits per heavy atom. The molecule has 0 bridgehead atoms. The van der Waals surface area contributed by atoms with Crippen molar-refractivity contribution in [1.29, 1.82) is 0 Å². The molecule has 0 saturated carbocycles. The molecule has 2 N–H and O–H groups in total. The third-order valence-electron chi connectivity index (χ3n) is 3.56. The van der Waals surface area contributed by atoms with Crippen molar-refractivity contribution in [2.24, 2.45) is 0 Å². The Bertz CT molecular complexity index is 743. The third-order valence-corrected chi connectivity index (χ3v) is 4.14. The summed E-state index contributed by atoms with van der Waals surface area (Å²) in [5.41, 5.74) is 1.53. The second-order valence-electron chi connectivity index (χ2n) is 5.41. The van der Waals surface area contributed by atoms with Gasteiger partial charge < -0.3 is 15.5 Å². The number of nitro benzene ring substituents is 1. The minimum atomic E-state index is -0.475. The summed E-state index contributed by atoms with van der Waals surface area (Å²) < 4.78 is 0. The van der Waals surface area contributed by atoms with Crippen molar-refractivity contribution in [3.05, 3.63) is 63.7 Å². The summed E-state index contributed by atoms with van der Waals surface area (Å²) in [4.78, 5) is 12.5. The van der Waals surface area contributed by atoms with E-state index in [1.807, 2.05) is 25.2 Å². The fourth-order valence-electron chi connectivity index (χ4n) is 2.22. The SMILES string of the molecule is CN(CCCNC(=S)Nc1cc([N+](=O)[O-])ccc1Cl)c1ccccc1. The number of nitrogens with one attached hydrogen (secondary N) is 2. The monoisotopic (exact) mass is 378 g/mol. The maximum Gasteiger partial charge on any atom is 0.271 e. The van der Waals surface area contributed by atoms with E-state index in [9.17, 15) is 10.1 Å². The molecule has 0 aliphatic carbocycles. The smallest absolute Gasteiger partial charge is 0.271 e. The number of benzene rings is 2. The van der Waals surface area contributed by atoms with Gasteiger partial charge in [-0.25, -0.2) is 0 Å². The van der Waals surface area contributed by atoms with Crippen molar-refractivity contribution in [3.8, 4) is 0 Å². The molecule has 2 aromatic rings. The van der Waals surface area contributed by atoms with Crippen molar-refractivity contribution < 1.29 is 4.92 Å². The number of para-hydroxylation sites is 1. The van der Waals surface area contributed by atoms with E-state index in [-0.39, 0.29) is 5.69 Å². The molecule has 2 rings (SSSR count). The second-order valence-corrected chi connectivity index (χ2v) is 6.23. The van der Waals surface area contributed by atoms with Crippen molar-refractivity contribution >= 4 is 46.0 Å². The fourth-order valence-corrected chi connectivity index (χ4v) is 2.60. The van der Waals surface area contributed by atoms with Crippen LogP contribution < -0.4 is 15.5 Å². The number of nitrogens with zero attached hydrogens (tertiary/aromatic N) is 2. The van der Waals surface area contributed by atoms with Gasteiger partial charge in [-0.1, -0.05) is 29.8 Å². The second kappa shape index (κ2) is 9.19. The number of halogens is 1. The highest BCUT2D eigenvalue weighted by atomic mass is 35.5. The van der Waals surface area contributed by atoms with Gasteiger partial charge in [0.15, 0.2) is 5.11 Å². The lowest BCUT2D eigenvalue weighted by atomic mass is 10.3. The number of thiocarbonyl (C=S) groups is 1. The van der Waals surface area contributed by atoms with E-state index < -0.39 is 4.92 Å².